The van der Waals surface area contributed by atoms with Crippen LogP contribution in [0.2, 0.25) is 5.02 Å². The summed E-state index contributed by atoms with van der Waals surface area (Å²) in [6.45, 7) is 0.213. The van der Waals surface area contributed by atoms with Gasteiger partial charge in [0.1, 0.15) is 11.4 Å². The average molecular weight is 420 g/mol. The Hall–Kier alpha value is -3.22. The molecule has 0 spiro atoms. The van der Waals surface area contributed by atoms with Crippen molar-refractivity contribution in [1.29, 1.82) is 0 Å². The van der Waals surface area contributed by atoms with Crippen molar-refractivity contribution in [2.75, 3.05) is 0 Å². The molecule has 0 fully saturated rings. The molecule has 0 unspecified atom stereocenters. The molecular weight excluding hydrogens is 406 g/mol. The SMILES string of the molecule is O=c1c2c(-c3ccc(Cl)cc3)csc2ncn1Cc1ncc(-c2ccccc2)o1. The standard InChI is InChI=1S/C22H14ClN3O2S/c23-16-8-6-14(7-9-16)17-12-29-21-20(17)22(27)26(13-25-21)11-19-24-10-18(28-19)15-4-2-1-3-5-15/h1-10,12-13H,11H2. The molecule has 2 aromatic carbocycles. The van der Waals surface area contributed by atoms with E-state index in [1.54, 1.807) is 12.5 Å². The van der Waals surface area contributed by atoms with Gasteiger partial charge in [0.05, 0.1) is 17.9 Å². The number of nitrogens with zero attached hydrogens (tertiary/aromatic N) is 3. The first-order chi connectivity index (χ1) is 14.2. The minimum absolute atomic E-state index is 0.124. The third-order valence-electron chi connectivity index (χ3n) is 4.63. The van der Waals surface area contributed by atoms with Crippen molar-refractivity contribution in [2.45, 2.75) is 6.54 Å². The zero-order chi connectivity index (χ0) is 19.8. The zero-order valence-corrected chi connectivity index (χ0v) is 16.7. The predicted molar refractivity (Wildman–Crippen MR) is 115 cm³/mol. The molecule has 0 saturated heterocycles. The maximum absolute atomic E-state index is 13.2. The van der Waals surface area contributed by atoms with Crippen LogP contribution in [0.5, 0.6) is 0 Å². The number of halogens is 1. The Morgan fingerprint density at radius 2 is 1.79 bits per heavy atom. The number of hydrogen-bond acceptors (Lipinski definition) is 5. The first kappa shape index (κ1) is 17.8. The number of oxazole rings is 1. The molecule has 0 saturated carbocycles. The minimum atomic E-state index is -0.124. The van der Waals surface area contributed by atoms with Gasteiger partial charge in [0.2, 0.25) is 5.89 Å². The predicted octanol–water partition coefficient (Wildman–Crippen LogP) is 5.48. The van der Waals surface area contributed by atoms with Crippen LogP contribution in [-0.2, 0) is 6.54 Å². The number of rotatable bonds is 4. The van der Waals surface area contributed by atoms with E-state index in [2.05, 4.69) is 9.97 Å². The molecule has 0 aliphatic heterocycles. The summed E-state index contributed by atoms with van der Waals surface area (Å²) in [5.41, 5.74) is 2.60. The maximum Gasteiger partial charge on any atom is 0.263 e. The van der Waals surface area contributed by atoms with E-state index in [0.29, 0.717) is 26.9 Å². The van der Waals surface area contributed by atoms with E-state index >= 15 is 0 Å². The number of hydrogen-bond donors (Lipinski definition) is 0. The van der Waals surface area contributed by atoms with Crippen LogP contribution in [0.3, 0.4) is 0 Å². The van der Waals surface area contributed by atoms with Gasteiger partial charge in [-0.05, 0) is 17.7 Å². The normalized spacial score (nSPS) is 11.2. The Labute approximate surface area is 174 Å². The van der Waals surface area contributed by atoms with Crippen LogP contribution < -0.4 is 5.56 Å². The summed E-state index contributed by atoms with van der Waals surface area (Å²) in [7, 11) is 0. The van der Waals surface area contributed by atoms with Gasteiger partial charge in [-0.1, -0.05) is 54.1 Å². The van der Waals surface area contributed by atoms with Gasteiger partial charge in [0.15, 0.2) is 5.76 Å². The molecular formula is C22H14ClN3O2S. The zero-order valence-electron chi connectivity index (χ0n) is 15.1. The van der Waals surface area contributed by atoms with Gasteiger partial charge in [0.25, 0.3) is 5.56 Å². The Bertz CT molecular complexity index is 1350. The molecule has 0 N–H and O–H groups in total. The number of fused-ring (bicyclic) bond motifs is 1. The lowest BCUT2D eigenvalue weighted by atomic mass is 10.1. The Morgan fingerprint density at radius 3 is 2.59 bits per heavy atom. The molecule has 0 amide bonds. The fourth-order valence-electron chi connectivity index (χ4n) is 3.19. The van der Waals surface area contributed by atoms with Crippen molar-refractivity contribution in [3.63, 3.8) is 0 Å². The lowest BCUT2D eigenvalue weighted by Crippen LogP contribution is -2.21. The molecule has 0 bridgehead atoms. The van der Waals surface area contributed by atoms with Gasteiger partial charge in [-0.3, -0.25) is 9.36 Å². The van der Waals surface area contributed by atoms with Gasteiger partial charge in [0, 0.05) is 21.5 Å². The number of aromatic nitrogens is 3. The summed E-state index contributed by atoms with van der Waals surface area (Å²) in [5.74, 6) is 1.12. The quantitative estimate of drug-likeness (QED) is 0.387. The summed E-state index contributed by atoms with van der Waals surface area (Å²) < 4.78 is 7.36. The van der Waals surface area contributed by atoms with Crippen LogP contribution in [0.1, 0.15) is 5.89 Å². The first-order valence-corrected chi connectivity index (χ1v) is 10.2. The van der Waals surface area contributed by atoms with Crippen molar-refractivity contribution >= 4 is 33.2 Å². The second-order valence-corrected chi connectivity index (χ2v) is 7.79. The van der Waals surface area contributed by atoms with E-state index in [4.69, 9.17) is 16.0 Å². The molecule has 0 aliphatic carbocycles. The molecule has 5 nitrogen and oxygen atoms in total. The van der Waals surface area contributed by atoms with Gasteiger partial charge in [-0.2, -0.15) is 0 Å². The molecule has 0 radical (unpaired) electrons. The fourth-order valence-corrected chi connectivity index (χ4v) is 4.22. The summed E-state index contributed by atoms with van der Waals surface area (Å²) in [5, 5.41) is 3.20. The Balaban J connectivity index is 1.52. The van der Waals surface area contributed by atoms with Gasteiger partial charge in [-0.25, -0.2) is 9.97 Å². The molecule has 5 rings (SSSR count). The molecule has 7 heteroatoms. The highest BCUT2D eigenvalue weighted by molar-refractivity contribution is 7.17. The molecule has 0 aliphatic rings. The van der Waals surface area contributed by atoms with Crippen LogP contribution in [-0.4, -0.2) is 14.5 Å². The third kappa shape index (κ3) is 3.37. The van der Waals surface area contributed by atoms with E-state index in [0.717, 1.165) is 16.7 Å². The average Bonchev–Trinajstić information content (AvgIpc) is 3.39. The molecule has 142 valence electrons. The second kappa shape index (κ2) is 7.31. The summed E-state index contributed by atoms with van der Waals surface area (Å²) in [4.78, 5) is 22.6. The minimum Gasteiger partial charge on any atom is -0.439 e. The maximum atomic E-state index is 13.2. The van der Waals surface area contributed by atoms with E-state index < -0.39 is 0 Å². The third-order valence-corrected chi connectivity index (χ3v) is 5.77. The van der Waals surface area contributed by atoms with Crippen LogP contribution in [0.25, 0.3) is 32.7 Å². The summed E-state index contributed by atoms with van der Waals surface area (Å²) in [6, 6.07) is 17.2. The van der Waals surface area contributed by atoms with Crippen molar-refractivity contribution in [1.82, 2.24) is 14.5 Å². The molecule has 3 heterocycles. The van der Waals surface area contributed by atoms with E-state index in [1.165, 1.54) is 15.9 Å². The van der Waals surface area contributed by atoms with Crippen molar-refractivity contribution in [3.05, 3.63) is 93.8 Å². The lowest BCUT2D eigenvalue weighted by molar-refractivity contribution is 0.484. The molecule has 0 atom stereocenters. The highest BCUT2D eigenvalue weighted by Gasteiger charge is 2.15. The fraction of sp³-hybridized carbons (Fsp3) is 0.0455. The van der Waals surface area contributed by atoms with E-state index in [9.17, 15) is 4.79 Å². The first-order valence-electron chi connectivity index (χ1n) is 8.92. The highest BCUT2D eigenvalue weighted by Crippen LogP contribution is 2.31. The molecule has 5 aromatic rings. The Morgan fingerprint density at radius 1 is 1.00 bits per heavy atom. The topological polar surface area (TPSA) is 60.9 Å². The van der Waals surface area contributed by atoms with Gasteiger partial charge < -0.3 is 4.42 Å². The number of thiophene rings is 1. The monoisotopic (exact) mass is 419 g/mol. The number of benzene rings is 2. The van der Waals surface area contributed by atoms with Gasteiger partial charge >= 0.3 is 0 Å². The highest BCUT2D eigenvalue weighted by atomic mass is 35.5. The summed E-state index contributed by atoms with van der Waals surface area (Å²) >= 11 is 7.44. The molecule has 29 heavy (non-hydrogen) atoms. The lowest BCUT2D eigenvalue weighted by Gasteiger charge is -2.04. The largest absolute Gasteiger partial charge is 0.439 e. The van der Waals surface area contributed by atoms with Crippen LogP contribution in [0, 0.1) is 0 Å². The molecule has 3 aromatic heterocycles. The smallest absolute Gasteiger partial charge is 0.263 e. The summed E-state index contributed by atoms with van der Waals surface area (Å²) in [6.07, 6.45) is 3.21. The van der Waals surface area contributed by atoms with Crippen LogP contribution in [0.4, 0.5) is 0 Å². The van der Waals surface area contributed by atoms with E-state index in [1.807, 2.05) is 60.0 Å². The Kier molecular flexibility index (Phi) is 4.50. The van der Waals surface area contributed by atoms with Crippen molar-refractivity contribution in [3.8, 4) is 22.5 Å². The van der Waals surface area contributed by atoms with Gasteiger partial charge in [-0.15, -0.1) is 11.3 Å². The van der Waals surface area contributed by atoms with Crippen molar-refractivity contribution in [2.24, 2.45) is 0 Å². The second-order valence-electron chi connectivity index (χ2n) is 6.50. The van der Waals surface area contributed by atoms with E-state index in [-0.39, 0.29) is 12.1 Å². The van der Waals surface area contributed by atoms with Crippen LogP contribution >= 0.6 is 22.9 Å². The van der Waals surface area contributed by atoms with Crippen LogP contribution in [0.15, 0.2) is 81.7 Å². The van der Waals surface area contributed by atoms with Crippen molar-refractivity contribution < 1.29 is 4.42 Å².